The highest BCUT2D eigenvalue weighted by molar-refractivity contribution is 6.33. The van der Waals surface area contributed by atoms with Gasteiger partial charge in [0.05, 0.1) is 10.6 Å². The number of fused-ring (bicyclic) bond motifs is 3. The molecule has 0 bridgehead atoms. The third kappa shape index (κ3) is 2.23. The molecule has 3 nitrogen and oxygen atoms in total. The number of hydrogen-bond donors (Lipinski definition) is 1. The molecule has 2 atom stereocenters. The number of nitrogens with zero attached hydrogens (tertiary/aromatic N) is 1. The molecular formula is C18H18ClNO2. The lowest BCUT2D eigenvalue weighted by atomic mass is 9.73. The van der Waals surface area contributed by atoms with Gasteiger partial charge in [0.2, 0.25) is 0 Å². The molecule has 0 aliphatic heterocycles. The first-order chi connectivity index (χ1) is 10.6. The molecule has 0 saturated carbocycles. The number of carbonyl (C=O) groups is 1. The second-order valence-electron chi connectivity index (χ2n) is 6.17. The quantitative estimate of drug-likeness (QED) is 0.905. The highest BCUT2D eigenvalue weighted by Gasteiger charge is 2.42. The van der Waals surface area contributed by atoms with E-state index in [9.17, 15) is 15.2 Å². The van der Waals surface area contributed by atoms with E-state index in [1.807, 2.05) is 0 Å². The molecule has 0 heterocycles. The Morgan fingerprint density at radius 2 is 2.18 bits per heavy atom. The van der Waals surface area contributed by atoms with Crippen molar-refractivity contribution >= 4 is 23.0 Å². The minimum atomic E-state index is -0.0492. The Bertz CT molecular complexity index is 715. The molecule has 3 rings (SSSR count). The molecule has 4 heteroatoms. The lowest BCUT2D eigenvalue weighted by Gasteiger charge is -2.29. The van der Waals surface area contributed by atoms with Gasteiger partial charge in [-0.05, 0) is 47.4 Å². The fourth-order valence-electron chi connectivity index (χ4n) is 3.83. The van der Waals surface area contributed by atoms with Gasteiger partial charge in [-0.3, -0.25) is 4.79 Å². The maximum Gasteiger partial charge on any atom is 0.173 e. The summed E-state index contributed by atoms with van der Waals surface area (Å²) in [5.41, 5.74) is 2.90. The van der Waals surface area contributed by atoms with Gasteiger partial charge in [-0.15, -0.1) is 0 Å². The van der Waals surface area contributed by atoms with Crippen LogP contribution in [0.1, 0.15) is 43.7 Å². The van der Waals surface area contributed by atoms with Gasteiger partial charge in [-0.2, -0.15) is 5.26 Å². The Hall–Kier alpha value is -1.79. The normalized spacial score (nSPS) is 23.2. The Morgan fingerprint density at radius 3 is 2.86 bits per heavy atom. The number of phenols is 1. The lowest BCUT2D eigenvalue weighted by Crippen LogP contribution is -2.26. The minimum Gasteiger partial charge on any atom is -0.506 e. The SMILES string of the molecule is CCCCC1CC(=O)C(C#N)=C2c3ccc(O)c(Cl)c3CC21. The summed E-state index contributed by atoms with van der Waals surface area (Å²) in [6, 6.07) is 5.44. The van der Waals surface area contributed by atoms with Gasteiger partial charge in [0.15, 0.2) is 5.78 Å². The molecule has 0 fully saturated rings. The van der Waals surface area contributed by atoms with E-state index >= 15 is 0 Å². The molecular weight excluding hydrogens is 298 g/mol. The van der Waals surface area contributed by atoms with E-state index in [-0.39, 0.29) is 23.4 Å². The third-order valence-corrected chi connectivity index (χ3v) is 5.33. The number of aromatic hydroxyl groups is 1. The number of benzene rings is 1. The van der Waals surface area contributed by atoms with Crippen LogP contribution in [0.25, 0.3) is 5.57 Å². The largest absolute Gasteiger partial charge is 0.506 e. The van der Waals surface area contributed by atoms with Crippen LogP contribution in [-0.4, -0.2) is 10.9 Å². The molecule has 0 saturated heterocycles. The average molecular weight is 316 g/mol. The first kappa shape index (κ1) is 15.1. The molecule has 2 aliphatic carbocycles. The molecule has 0 aromatic heterocycles. The van der Waals surface area contributed by atoms with Gasteiger partial charge in [-0.1, -0.05) is 37.4 Å². The predicted molar refractivity (Wildman–Crippen MR) is 85.5 cm³/mol. The van der Waals surface area contributed by atoms with E-state index in [0.29, 0.717) is 23.4 Å². The molecule has 1 aromatic rings. The number of halogens is 1. The van der Waals surface area contributed by atoms with Crippen molar-refractivity contribution in [3.05, 3.63) is 33.9 Å². The van der Waals surface area contributed by atoms with Crippen LogP contribution in [0.3, 0.4) is 0 Å². The van der Waals surface area contributed by atoms with Crippen LogP contribution >= 0.6 is 11.6 Å². The molecule has 2 unspecified atom stereocenters. The van der Waals surface area contributed by atoms with Crippen LogP contribution in [0, 0.1) is 23.2 Å². The third-order valence-electron chi connectivity index (χ3n) is 4.91. The number of unbranched alkanes of at least 4 members (excludes halogenated alkanes) is 1. The Balaban J connectivity index is 2.13. The molecule has 22 heavy (non-hydrogen) atoms. The van der Waals surface area contributed by atoms with Gasteiger partial charge in [0, 0.05) is 6.42 Å². The van der Waals surface area contributed by atoms with Crippen molar-refractivity contribution in [3.8, 4) is 11.8 Å². The molecule has 1 aromatic carbocycles. The van der Waals surface area contributed by atoms with Gasteiger partial charge in [0.1, 0.15) is 11.8 Å². The van der Waals surface area contributed by atoms with E-state index in [4.69, 9.17) is 11.6 Å². The van der Waals surface area contributed by atoms with Crippen molar-refractivity contribution in [3.63, 3.8) is 0 Å². The number of nitriles is 1. The standard InChI is InChI=1S/C18H18ClNO2/c1-2-3-4-10-7-16(22)14(9-20)17-11-5-6-15(21)18(19)13(11)8-12(10)17/h5-6,10,12,21H,2-4,7-8H2,1H3. The highest BCUT2D eigenvalue weighted by Crippen LogP contribution is 2.51. The van der Waals surface area contributed by atoms with Gasteiger partial charge in [-0.25, -0.2) is 0 Å². The highest BCUT2D eigenvalue weighted by atomic mass is 35.5. The van der Waals surface area contributed by atoms with Crippen molar-refractivity contribution in [1.29, 1.82) is 5.26 Å². The predicted octanol–water partition coefficient (Wildman–Crippen LogP) is 4.27. The summed E-state index contributed by atoms with van der Waals surface area (Å²) in [7, 11) is 0. The first-order valence-electron chi connectivity index (χ1n) is 7.76. The topological polar surface area (TPSA) is 61.1 Å². The number of hydrogen-bond acceptors (Lipinski definition) is 3. The molecule has 0 radical (unpaired) electrons. The number of ketones is 1. The maximum absolute atomic E-state index is 12.3. The number of allylic oxidation sites excluding steroid dienone is 2. The monoisotopic (exact) mass is 315 g/mol. The fourth-order valence-corrected chi connectivity index (χ4v) is 4.07. The van der Waals surface area contributed by atoms with Crippen LogP contribution in [0.15, 0.2) is 17.7 Å². The molecule has 114 valence electrons. The van der Waals surface area contributed by atoms with E-state index in [2.05, 4.69) is 13.0 Å². The second-order valence-corrected chi connectivity index (χ2v) is 6.54. The maximum atomic E-state index is 12.3. The summed E-state index contributed by atoms with van der Waals surface area (Å²) in [5.74, 6) is 0.458. The minimum absolute atomic E-state index is 0.0492. The summed E-state index contributed by atoms with van der Waals surface area (Å²) < 4.78 is 0. The Kier molecular flexibility index (Phi) is 3.97. The molecule has 0 amide bonds. The zero-order chi connectivity index (χ0) is 15.9. The van der Waals surface area contributed by atoms with E-state index in [1.54, 1.807) is 12.1 Å². The van der Waals surface area contributed by atoms with Gasteiger partial charge >= 0.3 is 0 Å². The Labute approximate surface area is 135 Å². The molecule has 0 spiro atoms. The van der Waals surface area contributed by atoms with Crippen LogP contribution in [-0.2, 0) is 11.2 Å². The lowest BCUT2D eigenvalue weighted by molar-refractivity contribution is -0.116. The zero-order valence-corrected chi connectivity index (χ0v) is 13.3. The summed E-state index contributed by atoms with van der Waals surface area (Å²) >= 11 is 6.24. The van der Waals surface area contributed by atoms with E-state index in [0.717, 1.165) is 36.0 Å². The molecule has 2 aliphatic rings. The second kappa shape index (κ2) is 5.78. The summed E-state index contributed by atoms with van der Waals surface area (Å²) in [5, 5.41) is 19.6. The van der Waals surface area contributed by atoms with E-state index in [1.165, 1.54) is 0 Å². The number of carbonyl (C=O) groups excluding carboxylic acids is 1. The number of phenolic OH excluding ortho intramolecular Hbond substituents is 1. The van der Waals surface area contributed by atoms with Crippen molar-refractivity contribution < 1.29 is 9.90 Å². The van der Waals surface area contributed by atoms with Crippen molar-refractivity contribution in [1.82, 2.24) is 0 Å². The summed E-state index contributed by atoms with van der Waals surface area (Å²) in [6.07, 6.45) is 4.33. The zero-order valence-electron chi connectivity index (χ0n) is 12.5. The van der Waals surface area contributed by atoms with Gasteiger partial charge in [0.25, 0.3) is 0 Å². The van der Waals surface area contributed by atoms with Crippen molar-refractivity contribution in [2.45, 2.75) is 39.0 Å². The number of Topliss-reactive ketones (excluding diaryl/α,β-unsaturated/α-hetero) is 1. The van der Waals surface area contributed by atoms with Crippen LogP contribution in [0.2, 0.25) is 5.02 Å². The molecule has 1 N–H and O–H groups in total. The Morgan fingerprint density at radius 1 is 1.41 bits per heavy atom. The average Bonchev–Trinajstić information content (AvgIpc) is 2.89. The fraction of sp³-hybridized carbons (Fsp3) is 0.444. The van der Waals surface area contributed by atoms with Crippen LogP contribution in [0.5, 0.6) is 5.75 Å². The van der Waals surface area contributed by atoms with Crippen molar-refractivity contribution in [2.75, 3.05) is 0 Å². The van der Waals surface area contributed by atoms with Crippen LogP contribution < -0.4 is 0 Å². The summed E-state index contributed by atoms with van der Waals surface area (Å²) in [4.78, 5) is 12.3. The van der Waals surface area contributed by atoms with Crippen molar-refractivity contribution in [2.24, 2.45) is 11.8 Å². The van der Waals surface area contributed by atoms with Gasteiger partial charge < -0.3 is 5.11 Å². The number of rotatable bonds is 3. The summed E-state index contributed by atoms with van der Waals surface area (Å²) in [6.45, 7) is 2.14. The first-order valence-corrected chi connectivity index (χ1v) is 8.14. The van der Waals surface area contributed by atoms with E-state index < -0.39 is 0 Å². The smallest absolute Gasteiger partial charge is 0.173 e. The van der Waals surface area contributed by atoms with Crippen LogP contribution in [0.4, 0.5) is 0 Å².